The van der Waals surface area contributed by atoms with Crippen LogP contribution in [0.25, 0.3) is 22.0 Å². The molecule has 1 aliphatic carbocycles. The van der Waals surface area contributed by atoms with Gasteiger partial charge in [-0.3, -0.25) is 14.6 Å². The lowest BCUT2D eigenvalue weighted by atomic mass is 9.93. The van der Waals surface area contributed by atoms with Crippen LogP contribution in [0.2, 0.25) is 0 Å². The van der Waals surface area contributed by atoms with E-state index in [2.05, 4.69) is 20.6 Å². The van der Waals surface area contributed by atoms with E-state index >= 15 is 0 Å². The molecule has 2 N–H and O–H groups in total. The third kappa shape index (κ3) is 2.98. The monoisotopic (exact) mass is 355 g/mol. The molecule has 3 aromatic rings. The predicted octanol–water partition coefficient (Wildman–Crippen LogP) is 3.28. The number of halogens is 1. The van der Waals surface area contributed by atoms with Crippen LogP contribution in [0.1, 0.15) is 41.7 Å². The summed E-state index contributed by atoms with van der Waals surface area (Å²) in [4.78, 5) is 12.7. The van der Waals surface area contributed by atoms with Gasteiger partial charge in [-0.1, -0.05) is 12.8 Å². The van der Waals surface area contributed by atoms with Crippen LogP contribution in [0.4, 0.5) is 4.39 Å². The highest BCUT2D eigenvalue weighted by molar-refractivity contribution is 6.06. The van der Waals surface area contributed by atoms with Crippen molar-refractivity contribution in [3.05, 3.63) is 35.8 Å². The highest BCUT2D eigenvalue weighted by Gasteiger charge is 2.27. The lowest BCUT2D eigenvalue weighted by molar-refractivity contribution is 0.0880. The van der Waals surface area contributed by atoms with Gasteiger partial charge in [0.2, 0.25) is 0 Å². The molecule has 1 saturated carbocycles. The van der Waals surface area contributed by atoms with E-state index in [1.807, 2.05) is 32.3 Å². The molecular weight excluding hydrogens is 333 g/mol. The van der Waals surface area contributed by atoms with Gasteiger partial charge in [0, 0.05) is 24.2 Å². The van der Waals surface area contributed by atoms with Crippen LogP contribution >= 0.6 is 0 Å². The third-order valence-electron chi connectivity index (χ3n) is 5.11. The molecule has 1 aromatic carbocycles. The second kappa shape index (κ2) is 6.55. The molecule has 1 aliphatic rings. The Kier molecular flexibility index (Phi) is 4.22. The molecule has 2 atom stereocenters. The number of nitrogens with zero attached hydrogens (tertiary/aromatic N) is 3. The van der Waals surface area contributed by atoms with Crippen molar-refractivity contribution in [3.8, 4) is 11.1 Å². The Morgan fingerprint density at radius 1 is 1.31 bits per heavy atom. The minimum Gasteiger partial charge on any atom is -0.345 e. The van der Waals surface area contributed by atoms with Crippen molar-refractivity contribution >= 4 is 16.8 Å². The van der Waals surface area contributed by atoms with Crippen molar-refractivity contribution in [3.63, 3.8) is 0 Å². The maximum absolute atomic E-state index is 14.1. The first-order chi connectivity index (χ1) is 12.5. The second-order valence-electron chi connectivity index (χ2n) is 7.07. The van der Waals surface area contributed by atoms with Crippen LogP contribution in [0, 0.1) is 6.92 Å². The molecule has 0 bridgehead atoms. The van der Waals surface area contributed by atoms with Crippen molar-refractivity contribution in [1.82, 2.24) is 25.3 Å². The number of hydrogen-bond donors (Lipinski definition) is 2. The number of nitrogens with one attached hydrogen (secondary N) is 2. The molecule has 2 aromatic heterocycles. The Balaban J connectivity index is 1.69. The molecule has 1 amide bonds. The zero-order valence-corrected chi connectivity index (χ0v) is 14.9. The fourth-order valence-electron chi connectivity index (χ4n) is 3.69. The van der Waals surface area contributed by atoms with Gasteiger partial charge in [-0.05, 0) is 43.0 Å². The summed E-state index contributed by atoms with van der Waals surface area (Å²) >= 11 is 0. The van der Waals surface area contributed by atoms with Gasteiger partial charge in [-0.25, -0.2) is 4.39 Å². The van der Waals surface area contributed by atoms with Crippen LogP contribution in [0.5, 0.6) is 0 Å². The summed E-state index contributed by atoms with van der Waals surface area (Å²) < 4.78 is 15.8. The van der Waals surface area contributed by atoms with Gasteiger partial charge in [0.25, 0.3) is 5.91 Å². The molecule has 0 saturated heterocycles. The molecule has 136 valence electrons. The van der Waals surface area contributed by atoms with Crippen LogP contribution in [0.3, 0.4) is 0 Å². The van der Waals surface area contributed by atoms with Gasteiger partial charge < -0.3 is 5.32 Å². The molecule has 4 rings (SSSR count). The summed E-state index contributed by atoms with van der Waals surface area (Å²) in [7, 11) is 1.86. The maximum Gasteiger partial charge on any atom is 0.270 e. The predicted molar refractivity (Wildman–Crippen MR) is 97.7 cm³/mol. The SMILES string of the molecule is Cc1cc(-c2cnn(C)c2)cc2c(C(=O)N[C@@H]3CCCC[C@H]3F)[nH]nc12. The van der Waals surface area contributed by atoms with Crippen molar-refractivity contribution in [2.24, 2.45) is 7.05 Å². The van der Waals surface area contributed by atoms with Gasteiger partial charge in [-0.2, -0.15) is 10.2 Å². The van der Waals surface area contributed by atoms with E-state index in [1.54, 1.807) is 10.9 Å². The zero-order valence-electron chi connectivity index (χ0n) is 14.9. The molecule has 7 heteroatoms. The molecular formula is C19H22FN5O. The highest BCUT2D eigenvalue weighted by atomic mass is 19.1. The quantitative estimate of drug-likeness (QED) is 0.757. The Hall–Kier alpha value is -2.70. The molecule has 1 fully saturated rings. The average molecular weight is 355 g/mol. The zero-order chi connectivity index (χ0) is 18.3. The van der Waals surface area contributed by atoms with Crippen LogP contribution in [-0.4, -0.2) is 38.1 Å². The summed E-state index contributed by atoms with van der Waals surface area (Å²) in [6.07, 6.45) is 5.76. The fraction of sp³-hybridized carbons (Fsp3) is 0.421. The number of fused-ring (bicyclic) bond motifs is 1. The summed E-state index contributed by atoms with van der Waals surface area (Å²) in [6.45, 7) is 1.96. The van der Waals surface area contributed by atoms with E-state index in [0.29, 0.717) is 18.5 Å². The average Bonchev–Trinajstić information content (AvgIpc) is 3.23. The van der Waals surface area contributed by atoms with E-state index in [0.717, 1.165) is 40.4 Å². The maximum atomic E-state index is 14.1. The number of amides is 1. The summed E-state index contributed by atoms with van der Waals surface area (Å²) in [5.41, 5.74) is 4.05. The van der Waals surface area contributed by atoms with Crippen LogP contribution < -0.4 is 5.32 Å². The first-order valence-corrected chi connectivity index (χ1v) is 8.95. The summed E-state index contributed by atoms with van der Waals surface area (Å²) in [5.74, 6) is -0.301. The van der Waals surface area contributed by atoms with Crippen LogP contribution in [0.15, 0.2) is 24.5 Å². The Labute approximate surface area is 150 Å². The number of carbonyl (C=O) groups is 1. The number of benzene rings is 1. The smallest absolute Gasteiger partial charge is 0.270 e. The van der Waals surface area contributed by atoms with Crippen molar-refractivity contribution in [2.45, 2.75) is 44.8 Å². The molecule has 0 spiro atoms. The lowest BCUT2D eigenvalue weighted by Gasteiger charge is -2.26. The molecule has 0 aliphatic heterocycles. The minimum atomic E-state index is -0.977. The van der Waals surface area contributed by atoms with E-state index in [1.165, 1.54) is 0 Å². The van der Waals surface area contributed by atoms with Gasteiger partial charge >= 0.3 is 0 Å². The standard InChI is InChI=1S/C19H22FN5O/c1-11-7-12(13-9-21-25(2)10-13)8-14-17(11)23-24-18(14)19(26)22-16-6-4-3-5-15(16)20/h7-10,15-16H,3-6H2,1-2H3,(H,22,26)(H,23,24)/t15-,16-/m1/s1. The van der Waals surface area contributed by atoms with Crippen molar-refractivity contribution in [1.29, 1.82) is 0 Å². The van der Waals surface area contributed by atoms with E-state index in [9.17, 15) is 9.18 Å². The number of carbonyl (C=O) groups excluding carboxylic acids is 1. The molecule has 26 heavy (non-hydrogen) atoms. The van der Waals surface area contributed by atoms with Gasteiger partial charge in [0.05, 0.1) is 17.8 Å². The first kappa shape index (κ1) is 16.8. The number of aryl methyl sites for hydroxylation is 2. The first-order valence-electron chi connectivity index (χ1n) is 8.95. The third-order valence-corrected chi connectivity index (χ3v) is 5.11. The van der Waals surface area contributed by atoms with Gasteiger partial charge in [0.15, 0.2) is 0 Å². The molecule has 0 radical (unpaired) electrons. The summed E-state index contributed by atoms with van der Waals surface area (Å²) in [6, 6.07) is 3.55. The van der Waals surface area contributed by atoms with E-state index in [4.69, 9.17) is 0 Å². The van der Waals surface area contributed by atoms with Crippen molar-refractivity contribution < 1.29 is 9.18 Å². The van der Waals surface area contributed by atoms with E-state index in [-0.39, 0.29) is 5.91 Å². The summed E-state index contributed by atoms with van der Waals surface area (Å²) in [5, 5.41) is 14.9. The number of aromatic nitrogens is 4. The molecule has 6 nitrogen and oxygen atoms in total. The van der Waals surface area contributed by atoms with Crippen LogP contribution in [-0.2, 0) is 7.05 Å². The van der Waals surface area contributed by atoms with E-state index < -0.39 is 12.2 Å². The normalized spacial score (nSPS) is 20.4. The Morgan fingerprint density at radius 3 is 2.85 bits per heavy atom. The fourth-order valence-corrected chi connectivity index (χ4v) is 3.69. The lowest BCUT2D eigenvalue weighted by Crippen LogP contribution is -2.43. The molecule has 2 heterocycles. The molecule has 0 unspecified atom stereocenters. The second-order valence-corrected chi connectivity index (χ2v) is 7.07. The number of aromatic amines is 1. The number of rotatable bonds is 3. The number of hydrogen-bond acceptors (Lipinski definition) is 3. The van der Waals surface area contributed by atoms with Crippen molar-refractivity contribution in [2.75, 3.05) is 0 Å². The Morgan fingerprint density at radius 2 is 2.12 bits per heavy atom. The van der Waals surface area contributed by atoms with Gasteiger partial charge in [-0.15, -0.1) is 0 Å². The number of alkyl halides is 1. The van der Waals surface area contributed by atoms with Gasteiger partial charge in [0.1, 0.15) is 11.9 Å². The number of H-pyrrole nitrogens is 1. The highest BCUT2D eigenvalue weighted by Crippen LogP contribution is 2.28. The Bertz CT molecular complexity index is 960. The largest absolute Gasteiger partial charge is 0.345 e. The minimum absolute atomic E-state index is 0.301. The topological polar surface area (TPSA) is 75.6 Å².